The Morgan fingerprint density at radius 1 is 0.692 bits per heavy atom. The zero-order valence-corrected chi connectivity index (χ0v) is 14.0. The van der Waals surface area contributed by atoms with Crippen molar-refractivity contribution in [1.29, 1.82) is 0 Å². The summed E-state index contributed by atoms with van der Waals surface area (Å²) in [7, 11) is 0. The first-order chi connectivity index (χ1) is 12.9. The van der Waals surface area contributed by atoms with Crippen molar-refractivity contribution < 1.29 is 4.52 Å². The fourth-order valence-electron chi connectivity index (χ4n) is 3.40. The van der Waals surface area contributed by atoms with E-state index in [9.17, 15) is 0 Å². The van der Waals surface area contributed by atoms with E-state index in [1.807, 2.05) is 60.8 Å². The highest BCUT2D eigenvalue weighted by molar-refractivity contribution is 6.02. The van der Waals surface area contributed by atoms with Crippen LogP contribution in [0.25, 0.3) is 44.6 Å². The molecular formula is C23H16N2O. The fraction of sp³-hybridized carbons (Fsp3) is 0. The van der Waals surface area contributed by atoms with E-state index in [4.69, 9.17) is 4.52 Å². The Hall–Kier alpha value is -3.59. The number of hydrogen-bond acceptors (Lipinski definition) is 2. The molecule has 0 spiro atoms. The highest BCUT2D eigenvalue weighted by Crippen LogP contribution is 2.42. The molecule has 0 atom stereocenters. The molecule has 0 aliphatic rings. The minimum Gasteiger partial charge on any atom is -0.361 e. The number of H-pyrrole nitrogens is 1. The number of hydrogen-bond donors (Lipinski definition) is 1. The third kappa shape index (κ3) is 2.33. The minimum atomic E-state index is 0.786. The van der Waals surface area contributed by atoms with Gasteiger partial charge in [0.2, 0.25) is 0 Å². The van der Waals surface area contributed by atoms with Gasteiger partial charge in [0, 0.05) is 33.8 Å². The van der Waals surface area contributed by atoms with Crippen molar-refractivity contribution in [3.8, 4) is 33.7 Å². The molecule has 1 N–H and O–H groups in total. The number of fused-ring (bicyclic) bond motifs is 1. The molecule has 0 saturated heterocycles. The smallest absolute Gasteiger partial charge is 0.175 e. The molecule has 5 rings (SSSR count). The summed E-state index contributed by atoms with van der Waals surface area (Å²) in [5.41, 5.74) is 6.12. The lowest BCUT2D eigenvalue weighted by Gasteiger charge is -2.04. The van der Waals surface area contributed by atoms with Crippen LogP contribution < -0.4 is 0 Å². The number of aromatic amines is 1. The molecule has 0 saturated carbocycles. The molecule has 2 heterocycles. The summed E-state index contributed by atoms with van der Waals surface area (Å²) in [5, 5.41) is 5.59. The maximum absolute atomic E-state index is 5.85. The van der Waals surface area contributed by atoms with Crippen LogP contribution in [-0.4, -0.2) is 10.1 Å². The van der Waals surface area contributed by atoms with E-state index in [0.29, 0.717) is 0 Å². The molecule has 124 valence electrons. The summed E-state index contributed by atoms with van der Waals surface area (Å²) in [6, 6.07) is 28.6. The molecule has 0 amide bonds. The predicted molar refractivity (Wildman–Crippen MR) is 105 cm³/mol. The lowest BCUT2D eigenvalue weighted by molar-refractivity contribution is 0.435. The molecule has 2 aromatic heterocycles. The zero-order valence-electron chi connectivity index (χ0n) is 14.0. The van der Waals surface area contributed by atoms with Gasteiger partial charge in [-0.15, -0.1) is 0 Å². The number of nitrogens with zero attached hydrogens (tertiary/aromatic N) is 1. The molecule has 0 bridgehead atoms. The second kappa shape index (κ2) is 6.05. The Balaban J connectivity index is 1.83. The van der Waals surface area contributed by atoms with E-state index < -0.39 is 0 Å². The van der Waals surface area contributed by atoms with Gasteiger partial charge in [-0.2, -0.15) is 0 Å². The molecule has 3 nitrogen and oxygen atoms in total. The highest BCUT2D eigenvalue weighted by atomic mass is 16.5. The van der Waals surface area contributed by atoms with Gasteiger partial charge in [0.1, 0.15) is 5.69 Å². The van der Waals surface area contributed by atoms with Crippen LogP contribution in [0.5, 0.6) is 0 Å². The Morgan fingerprint density at radius 3 is 2.12 bits per heavy atom. The first-order valence-corrected chi connectivity index (χ1v) is 8.59. The second-order valence-electron chi connectivity index (χ2n) is 6.22. The Morgan fingerprint density at radius 2 is 1.35 bits per heavy atom. The van der Waals surface area contributed by atoms with E-state index >= 15 is 0 Å². The lowest BCUT2D eigenvalue weighted by Crippen LogP contribution is -1.84. The number of benzene rings is 3. The summed E-state index contributed by atoms with van der Waals surface area (Å²) >= 11 is 0. The average molecular weight is 336 g/mol. The molecule has 26 heavy (non-hydrogen) atoms. The summed E-state index contributed by atoms with van der Waals surface area (Å²) in [6.07, 6.45) is 2.04. The van der Waals surface area contributed by atoms with Crippen molar-refractivity contribution in [2.24, 2.45) is 0 Å². The summed E-state index contributed by atoms with van der Waals surface area (Å²) in [4.78, 5) is 3.36. The maximum Gasteiger partial charge on any atom is 0.175 e. The number of rotatable bonds is 3. The highest BCUT2D eigenvalue weighted by Gasteiger charge is 2.22. The van der Waals surface area contributed by atoms with E-state index in [2.05, 4.69) is 40.5 Å². The van der Waals surface area contributed by atoms with Crippen molar-refractivity contribution in [3.05, 3.63) is 91.1 Å². The van der Waals surface area contributed by atoms with E-state index in [1.54, 1.807) is 0 Å². The fourth-order valence-corrected chi connectivity index (χ4v) is 3.40. The lowest BCUT2D eigenvalue weighted by atomic mass is 9.96. The Labute approximate surface area is 150 Å². The first-order valence-electron chi connectivity index (χ1n) is 8.59. The van der Waals surface area contributed by atoms with E-state index in [1.165, 1.54) is 0 Å². The van der Waals surface area contributed by atoms with Crippen LogP contribution in [0, 0.1) is 0 Å². The van der Waals surface area contributed by atoms with Gasteiger partial charge in [-0.1, -0.05) is 84.0 Å². The predicted octanol–water partition coefficient (Wildman–Crippen LogP) is 6.16. The zero-order chi connectivity index (χ0) is 17.3. The molecule has 0 aliphatic heterocycles. The normalized spacial score (nSPS) is 11.1. The molecule has 0 fully saturated rings. The van der Waals surface area contributed by atoms with Gasteiger partial charge in [-0.3, -0.25) is 0 Å². The van der Waals surface area contributed by atoms with Gasteiger partial charge in [0.05, 0.1) is 5.56 Å². The summed E-state index contributed by atoms with van der Waals surface area (Å²) < 4.78 is 5.85. The van der Waals surface area contributed by atoms with Gasteiger partial charge in [-0.25, -0.2) is 0 Å². The van der Waals surface area contributed by atoms with Crippen LogP contribution in [-0.2, 0) is 0 Å². The largest absolute Gasteiger partial charge is 0.361 e. The minimum absolute atomic E-state index is 0.786. The van der Waals surface area contributed by atoms with Crippen LogP contribution in [0.4, 0.5) is 0 Å². The van der Waals surface area contributed by atoms with Gasteiger partial charge < -0.3 is 9.51 Å². The molecule has 0 aliphatic carbocycles. The van der Waals surface area contributed by atoms with Gasteiger partial charge in [0.25, 0.3) is 0 Å². The van der Waals surface area contributed by atoms with Crippen molar-refractivity contribution in [1.82, 2.24) is 10.1 Å². The summed E-state index contributed by atoms with van der Waals surface area (Å²) in [5.74, 6) is 0.786. The molecule has 5 aromatic rings. The SMILES string of the molecule is c1ccc(-c2noc(-c3ccccc3)c2-c2c[nH]c3ccccc23)cc1. The Bertz CT molecular complexity index is 1110. The molecule has 0 unspecified atom stereocenters. The van der Waals surface area contributed by atoms with Crippen molar-refractivity contribution in [3.63, 3.8) is 0 Å². The number of nitrogens with one attached hydrogen (secondary N) is 1. The maximum atomic E-state index is 5.85. The molecule has 3 aromatic carbocycles. The molecule has 3 heteroatoms. The molecular weight excluding hydrogens is 320 g/mol. The van der Waals surface area contributed by atoms with Crippen molar-refractivity contribution in [2.75, 3.05) is 0 Å². The van der Waals surface area contributed by atoms with E-state index in [0.717, 1.165) is 44.6 Å². The Kier molecular flexibility index (Phi) is 3.42. The van der Waals surface area contributed by atoms with Crippen molar-refractivity contribution in [2.45, 2.75) is 0 Å². The summed E-state index contributed by atoms with van der Waals surface area (Å²) in [6.45, 7) is 0. The van der Waals surface area contributed by atoms with Crippen molar-refractivity contribution >= 4 is 10.9 Å². The van der Waals surface area contributed by atoms with Crippen LogP contribution >= 0.6 is 0 Å². The number of para-hydroxylation sites is 1. The van der Waals surface area contributed by atoms with Crippen LogP contribution in [0.2, 0.25) is 0 Å². The topological polar surface area (TPSA) is 41.8 Å². The quantitative estimate of drug-likeness (QED) is 0.429. The molecule has 0 radical (unpaired) electrons. The average Bonchev–Trinajstić information content (AvgIpc) is 3.33. The van der Waals surface area contributed by atoms with Crippen LogP contribution in [0.15, 0.2) is 95.6 Å². The standard InChI is InChI=1S/C23H16N2O/c1-3-9-16(10-4-1)22-21(19-15-24-20-14-8-7-13-18(19)20)23(26-25-22)17-11-5-2-6-12-17/h1-15,24H. The van der Waals surface area contributed by atoms with Gasteiger partial charge in [-0.05, 0) is 6.07 Å². The van der Waals surface area contributed by atoms with E-state index in [-0.39, 0.29) is 0 Å². The van der Waals surface area contributed by atoms with Gasteiger partial charge >= 0.3 is 0 Å². The van der Waals surface area contributed by atoms with Gasteiger partial charge in [0.15, 0.2) is 5.76 Å². The monoisotopic (exact) mass is 336 g/mol. The first kappa shape index (κ1) is 14.7. The number of aromatic nitrogens is 2. The third-order valence-corrected chi connectivity index (χ3v) is 4.63. The second-order valence-corrected chi connectivity index (χ2v) is 6.22. The van der Waals surface area contributed by atoms with Crippen LogP contribution in [0.1, 0.15) is 0 Å². The van der Waals surface area contributed by atoms with Crippen LogP contribution in [0.3, 0.4) is 0 Å². The third-order valence-electron chi connectivity index (χ3n) is 4.63.